The molecule has 1 N–H and O–H groups in total. The van der Waals surface area contributed by atoms with Crippen molar-refractivity contribution in [2.24, 2.45) is 5.92 Å². The van der Waals surface area contributed by atoms with Crippen LogP contribution in [-0.2, 0) is 14.3 Å². The zero-order chi connectivity index (χ0) is 12.8. The number of carbonyl (C=O) groups excluding carboxylic acids is 1. The van der Waals surface area contributed by atoms with Crippen molar-refractivity contribution >= 4 is 5.91 Å². The predicted molar refractivity (Wildman–Crippen MR) is 68.2 cm³/mol. The average molecular weight is 256 g/mol. The first-order valence-corrected chi connectivity index (χ1v) is 7.03. The Bertz CT molecular complexity index is 267. The number of nitrogens with one attached hydrogen (secondary N) is 1. The molecule has 0 aromatic heterocycles. The van der Waals surface area contributed by atoms with Crippen molar-refractivity contribution in [2.45, 2.75) is 32.5 Å². The third-order valence-electron chi connectivity index (χ3n) is 3.60. The van der Waals surface area contributed by atoms with Gasteiger partial charge in [-0.2, -0.15) is 0 Å². The first-order valence-electron chi connectivity index (χ1n) is 7.03. The Morgan fingerprint density at radius 1 is 1.39 bits per heavy atom. The van der Waals surface area contributed by atoms with Crippen LogP contribution in [0.5, 0.6) is 0 Å². The second-order valence-electron chi connectivity index (χ2n) is 4.99. The molecule has 0 aromatic carbocycles. The van der Waals surface area contributed by atoms with Crippen LogP contribution in [0.4, 0.5) is 0 Å². The summed E-state index contributed by atoms with van der Waals surface area (Å²) in [6, 6.07) is 0. The third kappa shape index (κ3) is 3.93. The SMILES string of the molecule is CCNC(=O)C1CCCN(CCC2OCCO2)C1. The number of carbonyl (C=O) groups is 1. The molecule has 2 rings (SSSR count). The molecular weight excluding hydrogens is 232 g/mol. The summed E-state index contributed by atoms with van der Waals surface area (Å²) in [5.41, 5.74) is 0. The van der Waals surface area contributed by atoms with E-state index in [-0.39, 0.29) is 18.1 Å². The molecule has 1 amide bonds. The molecule has 1 atom stereocenters. The van der Waals surface area contributed by atoms with E-state index in [9.17, 15) is 4.79 Å². The summed E-state index contributed by atoms with van der Waals surface area (Å²) in [6.07, 6.45) is 2.99. The van der Waals surface area contributed by atoms with Crippen LogP contribution in [0.15, 0.2) is 0 Å². The van der Waals surface area contributed by atoms with Crippen LogP contribution in [0.3, 0.4) is 0 Å². The number of rotatable bonds is 5. The van der Waals surface area contributed by atoms with E-state index in [1.54, 1.807) is 0 Å². The first kappa shape index (κ1) is 13.8. The van der Waals surface area contributed by atoms with Crippen LogP contribution in [0, 0.1) is 5.92 Å². The van der Waals surface area contributed by atoms with Gasteiger partial charge in [-0.1, -0.05) is 0 Å². The van der Waals surface area contributed by atoms with Crippen molar-refractivity contribution in [2.75, 3.05) is 39.4 Å². The second-order valence-corrected chi connectivity index (χ2v) is 4.99. The molecule has 1 unspecified atom stereocenters. The molecule has 2 aliphatic heterocycles. The number of amides is 1. The minimum Gasteiger partial charge on any atom is -0.356 e. The smallest absolute Gasteiger partial charge is 0.224 e. The summed E-state index contributed by atoms with van der Waals surface area (Å²) >= 11 is 0. The van der Waals surface area contributed by atoms with Gasteiger partial charge in [-0.15, -0.1) is 0 Å². The Morgan fingerprint density at radius 3 is 2.89 bits per heavy atom. The minimum absolute atomic E-state index is 0.0326. The molecule has 2 aliphatic rings. The largest absolute Gasteiger partial charge is 0.356 e. The van der Waals surface area contributed by atoms with Gasteiger partial charge in [0.1, 0.15) is 0 Å². The van der Waals surface area contributed by atoms with Crippen molar-refractivity contribution < 1.29 is 14.3 Å². The standard InChI is InChI=1S/C13H24N2O3/c1-2-14-13(16)11-4-3-6-15(10-11)7-5-12-17-8-9-18-12/h11-12H,2-10H2,1H3,(H,14,16). The van der Waals surface area contributed by atoms with Gasteiger partial charge in [0.05, 0.1) is 19.1 Å². The van der Waals surface area contributed by atoms with Gasteiger partial charge in [0, 0.05) is 26.1 Å². The molecule has 0 bridgehead atoms. The Kier molecular flexibility index (Phi) is 5.41. The minimum atomic E-state index is -0.0326. The number of hydrogen-bond acceptors (Lipinski definition) is 4. The van der Waals surface area contributed by atoms with Crippen LogP contribution < -0.4 is 5.32 Å². The molecule has 0 aromatic rings. The zero-order valence-electron chi connectivity index (χ0n) is 11.2. The Morgan fingerprint density at radius 2 is 2.17 bits per heavy atom. The van der Waals surface area contributed by atoms with Gasteiger partial charge >= 0.3 is 0 Å². The van der Waals surface area contributed by atoms with Crippen LogP contribution in [-0.4, -0.2) is 56.5 Å². The van der Waals surface area contributed by atoms with Crippen LogP contribution in [0.25, 0.3) is 0 Å². The predicted octanol–water partition coefficient (Wildman–Crippen LogP) is 0.598. The number of likely N-dealkylation sites (tertiary alicyclic amines) is 1. The molecule has 104 valence electrons. The fourth-order valence-corrected chi connectivity index (χ4v) is 2.65. The fraction of sp³-hybridized carbons (Fsp3) is 0.923. The highest BCUT2D eigenvalue weighted by atomic mass is 16.7. The average Bonchev–Trinajstić information content (AvgIpc) is 2.90. The van der Waals surface area contributed by atoms with Gasteiger partial charge in [0.25, 0.3) is 0 Å². The van der Waals surface area contributed by atoms with Crippen LogP contribution >= 0.6 is 0 Å². The summed E-state index contributed by atoms with van der Waals surface area (Å²) in [5, 5.41) is 2.92. The maximum Gasteiger partial charge on any atom is 0.224 e. The van der Waals surface area contributed by atoms with Crippen molar-refractivity contribution in [1.29, 1.82) is 0 Å². The topological polar surface area (TPSA) is 50.8 Å². The van der Waals surface area contributed by atoms with E-state index in [4.69, 9.17) is 9.47 Å². The number of ether oxygens (including phenoxy) is 2. The van der Waals surface area contributed by atoms with E-state index >= 15 is 0 Å². The maximum absolute atomic E-state index is 11.8. The number of hydrogen-bond donors (Lipinski definition) is 1. The normalized spacial score (nSPS) is 26.4. The van der Waals surface area contributed by atoms with Crippen molar-refractivity contribution in [3.05, 3.63) is 0 Å². The molecule has 2 fully saturated rings. The summed E-state index contributed by atoms with van der Waals surface area (Å²) in [6.45, 7) is 7.03. The van der Waals surface area contributed by atoms with Gasteiger partial charge in [0.15, 0.2) is 6.29 Å². The molecule has 5 nitrogen and oxygen atoms in total. The summed E-state index contributed by atoms with van der Waals surface area (Å²) in [4.78, 5) is 14.2. The van der Waals surface area contributed by atoms with Gasteiger partial charge in [-0.25, -0.2) is 0 Å². The van der Waals surface area contributed by atoms with Gasteiger partial charge in [-0.3, -0.25) is 4.79 Å². The molecular formula is C13H24N2O3. The molecule has 18 heavy (non-hydrogen) atoms. The van der Waals surface area contributed by atoms with E-state index in [1.807, 2.05) is 6.92 Å². The summed E-state index contributed by atoms with van der Waals surface area (Å²) < 4.78 is 10.9. The zero-order valence-corrected chi connectivity index (χ0v) is 11.2. The highest BCUT2D eigenvalue weighted by molar-refractivity contribution is 5.78. The lowest BCUT2D eigenvalue weighted by atomic mass is 9.97. The van der Waals surface area contributed by atoms with Gasteiger partial charge < -0.3 is 19.7 Å². The molecule has 0 radical (unpaired) electrons. The van der Waals surface area contributed by atoms with Crippen LogP contribution in [0.2, 0.25) is 0 Å². The number of nitrogens with zero attached hydrogens (tertiary/aromatic N) is 1. The second kappa shape index (κ2) is 7.07. The highest BCUT2D eigenvalue weighted by Gasteiger charge is 2.26. The van der Waals surface area contributed by atoms with E-state index in [0.29, 0.717) is 13.2 Å². The monoisotopic (exact) mass is 256 g/mol. The highest BCUT2D eigenvalue weighted by Crippen LogP contribution is 2.18. The lowest BCUT2D eigenvalue weighted by Crippen LogP contribution is -2.43. The Labute approximate surface area is 109 Å². The van der Waals surface area contributed by atoms with E-state index in [2.05, 4.69) is 10.2 Å². The number of piperidine rings is 1. The van der Waals surface area contributed by atoms with Crippen molar-refractivity contribution in [1.82, 2.24) is 10.2 Å². The fourth-order valence-electron chi connectivity index (χ4n) is 2.65. The van der Waals surface area contributed by atoms with E-state index in [0.717, 1.165) is 45.4 Å². The van der Waals surface area contributed by atoms with Crippen LogP contribution in [0.1, 0.15) is 26.2 Å². The van der Waals surface area contributed by atoms with E-state index in [1.165, 1.54) is 0 Å². The molecule has 0 aliphatic carbocycles. The maximum atomic E-state index is 11.8. The van der Waals surface area contributed by atoms with E-state index < -0.39 is 0 Å². The Hall–Kier alpha value is -0.650. The third-order valence-corrected chi connectivity index (χ3v) is 3.60. The first-order chi connectivity index (χ1) is 8.79. The summed E-state index contributed by atoms with van der Waals surface area (Å²) in [5.74, 6) is 0.361. The molecule has 0 spiro atoms. The van der Waals surface area contributed by atoms with Gasteiger partial charge in [-0.05, 0) is 26.3 Å². The quantitative estimate of drug-likeness (QED) is 0.782. The van der Waals surface area contributed by atoms with Gasteiger partial charge in [0.2, 0.25) is 5.91 Å². The molecule has 2 heterocycles. The van der Waals surface area contributed by atoms with Crippen molar-refractivity contribution in [3.8, 4) is 0 Å². The summed E-state index contributed by atoms with van der Waals surface area (Å²) in [7, 11) is 0. The Balaban J connectivity index is 1.70. The molecule has 5 heteroatoms. The molecule has 0 saturated carbocycles. The van der Waals surface area contributed by atoms with Crippen molar-refractivity contribution in [3.63, 3.8) is 0 Å². The lowest BCUT2D eigenvalue weighted by Gasteiger charge is -2.32. The lowest BCUT2D eigenvalue weighted by molar-refractivity contribution is -0.126. The molecule has 2 saturated heterocycles.